The predicted octanol–water partition coefficient (Wildman–Crippen LogP) is 2.47. The van der Waals surface area contributed by atoms with Crippen LogP contribution < -0.4 is 0 Å². The summed E-state index contributed by atoms with van der Waals surface area (Å²) in [6.07, 6.45) is -2.76. The molecule has 0 atom stereocenters. The normalized spacial score (nSPS) is 11.3. The average Bonchev–Trinajstić information content (AvgIpc) is 2.49. The van der Waals surface area contributed by atoms with Crippen LogP contribution in [0.1, 0.15) is 12.3 Å². The molecule has 1 aromatic heterocycles. The van der Waals surface area contributed by atoms with Gasteiger partial charge in [-0.25, -0.2) is 4.98 Å². The zero-order chi connectivity index (χ0) is 9.42. The molecular weight excluding hydrogens is 180 g/mol. The van der Waals surface area contributed by atoms with Gasteiger partial charge in [0.1, 0.15) is 5.52 Å². The SMILES string of the molecule is Oc1cccc2nc(C(F)F)oc12. The fourth-order valence-electron chi connectivity index (χ4n) is 1.05. The summed E-state index contributed by atoms with van der Waals surface area (Å²) in [6.45, 7) is 0. The van der Waals surface area contributed by atoms with Gasteiger partial charge in [-0.2, -0.15) is 8.78 Å². The molecule has 5 heteroatoms. The first-order chi connectivity index (χ1) is 6.18. The summed E-state index contributed by atoms with van der Waals surface area (Å²) < 4.78 is 28.8. The van der Waals surface area contributed by atoms with Crippen molar-refractivity contribution in [3.63, 3.8) is 0 Å². The van der Waals surface area contributed by atoms with Crippen molar-refractivity contribution < 1.29 is 18.3 Å². The third kappa shape index (κ3) is 1.22. The van der Waals surface area contributed by atoms with E-state index >= 15 is 0 Å². The second-order valence-corrected chi connectivity index (χ2v) is 2.48. The molecule has 0 bridgehead atoms. The number of benzene rings is 1. The van der Waals surface area contributed by atoms with Crippen LogP contribution in [0.15, 0.2) is 22.6 Å². The van der Waals surface area contributed by atoms with E-state index in [1.54, 1.807) is 0 Å². The Hall–Kier alpha value is -1.65. The number of halogens is 2. The van der Waals surface area contributed by atoms with Crippen LogP contribution in [0.2, 0.25) is 0 Å². The van der Waals surface area contributed by atoms with Crippen LogP contribution in [-0.2, 0) is 0 Å². The van der Waals surface area contributed by atoms with Crippen LogP contribution in [-0.4, -0.2) is 10.1 Å². The molecule has 2 aromatic rings. The van der Waals surface area contributed by atoms with E-state index in [0.717, 1.165) is 0 Å². The van der Waals surface area contributed by atoms with E-state index in [0.29, 0.717) is 0 Å². The van der Waals surface area contributed by atoms with E-state index < -0.39 is 12.3 Å². The van der Waals surface area contributed by atoms with Crippen LogP contribution in [0.4, 0.5) is 8.78 Å². The summed E-state index contributed by atoms with van der Waals surface area (Å²) >= 11 is 0. The molecule has 3 nitrogen and oxygen atoms in total. The third-order valence-corrected chi connectivity index (χ3v) is 1.60. The summed E-state index contributed by atoms with van der Waals surface area (Å²) in [7, 11) is 0. The Morgan fingerprint density at radius 2 is 2.15 bits per heavy atom. The Labute approximate surface area is 71.6 Å². The first kappa shape index (κ1) is 7.97. The van der Waals surface area contributed by atoms with Crippen molar-refractivity contribution in [1.82, 2.24) is 4.98 Å². The largest absolute Gasteiger partial charge is 0.504 e. The van der Waals surface area contributed by atoms with Crippen LogP contribution >= 0.6 is 0 Å². The molecule has 0 aliphatic carbocycles. The van der Waals surface area contributed by atoms with Crippen LogP contribution in [0.5, 0.6) is 5.75 Å². The first-order valence-electron chi connectivity index (χ1n) is 3.55. The topological polar surface area (TPSA) is 46.3 Å². The maximum absolute atomic E-state index is 12.1. The zero-order valence-electron chi connectivity index (χ0n) is 6.37. The van der Waals surface area contributed by atoms with Gasteiger partial charge in [-0.3, -0.25) is 0 Å². The molecule has 0 spiro atoms. The highest BCUT2D eigenvalue weighted by Gasteiger charge is 2.16. The molecule has 0 amide bonds. The Morgan fingerprint density at radius 1 is 1.38 bits per heavy atom. The molecule has 68 valence electrons. The number of hydrogen-bond acceptors (Lipinski definition) is 3. The van der Waals surface area contributed by atoms with E-state index in [-0.39, 0.29) is 16.8 Å². The number of aromatic nitrogens is 1. The predicted molar refractivity (Wildman–Crippen MR) is 40.6 cm³/mol. The summed E-state index contributed by atoms with van der Waals surface area (Å²) in [6, 6.07) is 4.35. The second kappa shape index (κ2) is 2.69. The molecule has 0 unspecified atom stereocenters. The number of hydrogen-bond donors (Lipinski definition) is 1. The summed E-state index contributed by atoms with van der Waals surface area (Å²) in [5.74, 6) is -0.853. The Balaban J connectivity index is 2.68. The first-order valence-corrected chi connectivity index (χ1v) is 3.55. The molecule has 2 rings (SSSR count). The van der Waals surface area contributed by atoms with Gasteiger partial charge in [0.25, 0.3) is 5.89 Å². The van der Waals surface area contributed by atoms with Crippen molar-refractivity contribution in [2.75, 3.05) is 0 Å². The van der Waals surface area contributed by atoms with Crippen LogP contribution in [0.3, 0.4) is 0 Å². The molecule has 0 radical (unpaired) electrons. The van der Waals surface area contributed by atoms with Gasteiger partial charge in [-0.1, -0.05) is 6.07 Å². The fourth-order valence-corrected chi connectivity index (χ4v) is 1.05. The Bertz CT molecular complexity index is 439. The van der Waals surface area contributed by atoms with Gasteiger partial charge >= 0.3 is 6.43 Å². The monoisotopic (exact) mass is 185 g/mol. The minimum atomic E-state index is -2.76. The van der Waals surface area contributed by atoms with Gasteiger partial charge in [-0.15, -0.1) is 0 Å². The Kier molecular flexibility index (Phi) is 1.65. The minimum absolute atomic E-state index is 0.00204. The number of para-hydroxylation sites is 1. The third-order valence-electron chi connectivity index (χ3n) is 1.60. The van der Waals surface area contributed by atoms with Crippen LogP contribution in [0, 0.1) is 0 Å². The number of phenols is 1. The summed E-state index contributed by atoms with van der Waals surface area (Å²) in [5.41, 5.74) is 0.230. The molecule has 0 aliphatic heterocycles. The van der Waals surface area contributed by atoms with Crippen LogP contribution in [0.25, 0.3) is 11.1 Å². The lowest BCUT2D eigenvalue weighted by atomic mass is 10.3. The summed E-state index contributed by atoms with van der Waals surface area (Å²) in [4.78, 5) is 3.50. The van der Waals surface area contributed by atoms with Gasteiger partial charge in [0.2, 0.25) is 0 Å². The fraction of sp³-hybridized carbons (Fsp3) is 0.125. The van der Waals surface area contributed by atoms with Crippen molar-refractivity contribution in [3.05, 3.63) is 24.1 Å². The van der Waals surface area contributed by atoms with E-state index in [1.165, 1.54) is 18.2 Å². The quantitative estimate of drug-likeness (QED) is 0.742. The molecule has 0 saturated heterocycles. The molecule has 1 N–H and O–H groups in total. The average molecular weight is 185 g/mol. The van der Waals surface area contributed by atoms with Crippen molar-refractivity contribution in [1.29, 1.82) is 0 Å². The highest BCUT2D eigenvalue weighted by molar-refractivity contribution is 5.78. The lowest BCUT2D eigenvalue weighted by molar-refractivity contribution is 0.117. The van der Waals surface area contributed by atoms with Gasteiger partial charge in [0.05, 0.1) is 0 Å². The highest BCUT2D eigenvalue weighted by atomic mass is 19.3. The minimum Gasteiger partial charge on any atom is -0.504 e. The highest BCUT2D eigenvalue weighted by Crippen LogP contribution is 2.28. The second-order valence-electron chi connectivity index (χ2n) is 2.48. The standard InChI is InChI=1S/C8H5F2NO2/c9-7(10)8-11-4-2-1-3-5(12)6(4)13-8/h1-3,7,12H. The number of fused-ring (bicyclic) bond motifs is 1. The van der Waals surface area contributed by atoms with Gasteiger partial charge in [0, 0.05) is 0 Å². The van der Waals surface area contributed by atoms with E-state index in [9.17, 15) is 13.9 Å². The van der Waals surface area contributed by atoms with Crippen molar-refractivity contribution >= 4 is 11.1 Å². The number of nitrogens with zero attached hydrogens (tertiary/aromatic N) is 1. The number of rotatable bonds is 1. The zero-order valence-corrected chi connectivity index (χ0v) is 6.37. The summed E-state index contributed by atoms with van der Waals surface area (Å²) in [5, 5.41) is 9.19. The maximum Gasteiger partial charge on any atom is 0.313 e. The number of oxazole rings is 1. The molecule has 0 aliphatic rings. The molecule has 1 aromatic carbocycles. The van der Waals surface area contributed by atoms with E-state index in [1.807, 2.05) is 0 Å². The lowest BCUT2D eigenvalue weighted by Gasteiger charge is -1.89. The van der Waals surface area contributed by atoms with Gasteiger partial charge in [0.15, 0.2) is 11.3 Å². The van der Waals surface area contributed by atoms with Crippen molar-refractivity contribution in [2.45, 2.75) is 6.43 Å². The molecule has 13 heavy (non-hydrogen) atoms. The lowest BCUT2D eigenvalue weighted by Crippen LogP contribution is -1.80. The molecule has 0 fully saturated rings. The smallest absolute Gasteiger partial charge is 0.313 e. The Morgan fingerprint density at radius 3 is 2.77 bits per heavy atom. The molecule has 0 saturated carbocycles. The van der Waals surface area contributed by atoms with E-state index in [2.05, 4.69) is 9.40 Å². The van der Waals surface area contributed by atoms with E-state index in [4.69, 9.17) is 0 Å². The maximum atomic E-state index is 12.1. The number of phenolic OH excluding ortho intramolecular Hbond substituents is 1. The van der Waals surface area contributed by atoms with Crippen molar-refractivity contribution in [2.24, 2.45) is 0 Å². The molecular formula is C8H5F2NO2. The van der Waals surface area contributed by atoms with Crippen molar-refractivity contribution in [3.8, 4) is 5.75 Å². The molecule has 1 heterocycles. The number of alkyl halides is 2. The van der Waals surface area contributed by atoms with Gasteiger partial charge in [-0.05, 0) is 12.1 Å². The number of aromatic hydroxyl groups is 1. The van der Waals surface area contributed by atoms with Gasteiger partial charge < -0.3 is 9.52 Å².